The normalized spacial score (nSPS) is 14.6. The number of carbonyl (C=O) groups is 1. The summed E-state index contributed by atoms with van der Waals surface area (Å²) < 4.78 is 1.61. The average Bonchev–Trinajstić information content (AvgIpc) is 3.06. The van der Waals surface area contributed by atoms with E-state index in [0.29, 0.717) is 53.1 Å². The lowest BCUT2D eigenvalue weighted by Gasteiger charge is -2.35. The first-order valence-electron chi connectivity index (χ1n) is 8.29. The van der Waals surface area contributed by atoms with Crippen molar-refractivity contribution < 1.29 is 4.79 Å². The van der Waals surface area contributed by atoms with Crippen molar-refractivity contribution >= 4 is 51.9 Å². The molecule has 1 saturated heterocycles. The zero-order valence-corrected chi connectivity index (χ0v) is 15.9. The number of benzene rings is 1. The van der Waals surface area contributed by atoms with Crippen LogP contribution < -0.4 is 10.2 Å². The van der Waals surface area contributed by atoms with Crippen LogP contribution in [-0.2, 0) is 7.05 Å². The lowest BCUT2D eigenvalue weighted by molar-refractivity contribution is 0.208. The van der Waals surface area contributed by atoms with Gasteiger partial charge in [-0.15, -0.1) is 5.10 Å². The summed E-state index contributed by atoms with van der Waals surface area (Å²) in [6, 6.07) is 4.82. The molecule has 140 valence electrons. The predicted octanol–water partition coefficient (Wildman–Crippen LogP) is 2.42. The number of nitrogens with zero attached hydrogens (tertiary/aromatic N) is 7. The Morgan fingerprint density at radius 2 is 1.89 bits per heavy atom. The van der Waals surface area contributed by atoms with Crippen LogP contribution >= 0.6 is 23.2 Å². The second kappa shape index (κ2) is 7.16. The summed E-state index contributed by atoms with van der Waals surface area (Å²) in [7, 11) is 1.79. The van der Waals surface area contributed by atoms with Gasteiger partial charge in [-0.05, 0) is 18.2 Å². The molecule has 3 aromatic rings. The average molecular weight is 407 g/mol. The van der Waals surface area contributed by atoms with Gasteiger partial charge in [-0.3, -0.25) is 0 Å². The minimum absolute atomic E-state index is 0.180. The fraction of sp³-hybridized carbons (Fsp3) is 0.312. The van der Waals surface area contributed by atoms with Crippen LogP contribution in [0.2, 0.25) is 10.0 Å². The maximum atomic E-state index is 12.5. The van der Waals surface area contributed by atoms with Crippen molar-refractivity contribution in [1.82, 2.24) is 29.9 Å². The number of halogens is 2. The number of nitrogens with one attached hydrogen (secondary N) is 1. The van der Waals surface area contributed by atoms with Gasteiger partial charge in [0.2, 0.25) is 0 Å². The Balaban J connectivity index is 1.42. The van der Waals surface area contributed by atoms with Gasteiger partial charge < -0.3 is 15.1 Å². The quantitative estimate of drug-likeness (QED) is 0.702. The monoisotopic (exact) mass is 406 g/mol. The highest BCUT2D eigenvalue weighted by Gasteiger charge is 2.24. The van der Waals surface area contributed by atoms with E-state index < -0.39 is 0 Å². The number of urea groups is 1. The van der Waals surface area contributed by atoms with Crippen molar-refractivity contribution in [1.29, 1.82) is 0 Å². The molecule has 1 aliphatic heterocycles. The van der Waals surface area contributed by atoms with E-state index in [1.54, 1.807) is 34.8 Å². The van der Waals surface area contributed by atoms with Crippen LogP contribution in [0, 0.1) is 0 Å². The van der Waals surface area contributed by atoms with Crippen LogP contribution in [0.25, 0.3) is 11.2 Å². The molecule has 4 rings (SSSR count). The molecule has 11 heteroatoms. The topological polar surface area (TPSA) is 92.1 Å². The van der Waals surface area contributed by atoms with Crippen molar-refractivity contribution in [3.05, 3.63) is 34.6 Å². The van der Waals surface area contributed by atoms with Gasteiger partial charge >= 0.3 is 6.03 Å². The molecule has 0 saturated carbocycles. The summed E-state index contributed by atoms with van der Waals surface area (Å²) >= 11 is 11.9. The van der Waals surface area contributed by atoms with Crippen molar-refractivity contribution in [2.24, 2.45) is 7.05 Å². The molecule has 1 fully saturated rings. The fourth-order valence-corrected chi connectivity index (χ4v) is 3.27. The van der Waals surface area contributed by atoms with Crippen molar-refractivity contribution in [2.75, 3.05) is 36.4 Å². The summed E-state index contributed by atoms with van der Waals surface area (Å²) in [4.78, 5) is 24.9. The predicted molar refractivity (Wildman–Crippen MR) is 103 cm³/mol. The molecule has 1 aromatic carbocycles. The van der Waals surface area contributed by atoms with E-state index in [-0.39, 0.29) is 6.03 Å². The van der Waals surface area contributed by atoms with Crippen molar-refractivity contribution in [2.45, 2.75) is 0 Å². The van der Waals surface area contributed by atoms with E-state index in [0.717, 1.165) is 5.82 Å². The Morgan fingerprint density at radius 1 is 1.11 bits per heavy atom. The first-order valence-corrected chi connectivity index (χ1v) is 9.05. The second-order valence-electron chi connectivity index (χ2n) is 6.12. The molecule has 2 aromatic heterocycles. The number of fused-ring (bicyclic) bond motifs is 1. The van der Waals surface area contributed by atoms with E-state index in [1.165, 1.54) is 6.33 Å². The van der Waals surface area contributed by atoms with Crippen LogP contribution in [0.4, 0.5) is 16.3 Å². The van der Waals surface area contributed by atoms with E-state index in [2.05, 4.69) is 30.5 Å². The standard InChI is InChI=1S/C16H16Cl2N8O/c1-24-14-13(22-23-24)15(20-9-19-14)25-4-6-26(7-5-25)16(27)21-10-2-3-11(17)12(18)8-10/h2-3,8-9H,4-7H2,1H3,(H,21,27). The number of aryl methyl sites for hydroxylation is 1. The number of rotatable bonds is 2. The molecular formula is C16H16Cl2N8O. The van der Waals surface area contributed by atoms with Gasteiger partial charge in [0.25, 0.3) is 0 Å². The third-order valence-corrected chi connectivity index (χ3v) is 5.15. The van der Waals surface area contributed by atoms with Gasteiger partial charge in [0.05, 0.1) is 10.0 Å². The highest BCUT2D eigenvalue weighted by atomic mass is 35.5. The maximum Gasteiger partial charge on any atom is 0.321 e. The summed E-state index contributed by atoms with van der Waals surface area (Å²) in [5.74, 6) is 0.734. The first-order chi connectivity index (χ1) is 13.0. The van der Waals surface area contributed by atoms with Crippen molar-refractivity contribution in [3.8, 4) is 0 Å². The van der Waals surface area contributed by atoms with Gasteiger partial charge in [0.1, 0.15) is 6.33 Å². The molecule has 2 amide bonds. The minimum Gasteiger partial charge on any atom is -0.351 e. The maximum absolute atomic E-state index is 12.5. The van der Waals surface area contributed by atoms with E-state index in [9.17, 15) is 4.79 Å². The van der Waals surface area contributed by atoms with Crippen LogP contribution in [0.1, 0.15) is 0 Å². The van der Waals surface area contributed by atoms with Gasteiger partial charge in [-0.1, -0.05) is 28.4 Å². The lowest BCUT2D eigenvalue weighted by Crippen LogP contribution is -2.50. The first kappa shape index (κ1) is 17.7. The Morgan fingerprint density at radius 3 is 2.63 bits per heavy atom. The molecule has 0 bridgehead atoms. The summed E-state index contributed by atoms with van der Waals surface area (Å²) in [6.07, 6.45) is 1.50. The number of hydrogen-bond acceptors (Lipinski definition) is 6. The third kappa shape index (κ3) is 3.47. The molecule has 0 spiro atoms. The smallest absolute Gasteiger partial charge is 0.321 e. The molecule has 1 N–H and O–H groups in total. The largest absolute Gasteiger partial charge is 0.351 e. The molecular weight excluding hydrogens is 391 g/mol. The number of piperazine rings is 1. The van der Waals surface area contributed by atoms with E-state index >= 15 is 0 Å². The SMILES string of the molecule is Cn1nnc2c(N3CCN(C(=O)Nc4ccc(Cl)c(Cl)c4)CC3)ncnc21. The molecule has 3 heterocycles. The number of amides is 2. The van der Waals surface area contributed by atoms with Crippen molar-refractivity contribution in [3.63, 3.8) is 0 Å². The highest BCUT2D eigenvalue weighted by Crippen LogP contribution is 2.25. The lowest BCUT2D eigenvalue weighted by atomic mass is 10.3. The molecule has 1 aliphatic rings. The minimum atomic E-state index is -0.180. The number of carbonyl (C=O) groups excluding carboxylic acids is 1. The summed E-state index contributed by atoms with van der Waals surface area (Å²) in [5.41, 5.74) is 1.95. The zero-order chi connectivity index (χ0) is 19.0. The van der Waals surface area contributed by atoms with E-state index in [4.69, 9.17) is 23.2 Å². The van der Waals surface area contributed by atoms with Crippen LogP contribution in [0.3, 0.4) is 0 Å². The Labute approximate surface area is 164 Å². The number of hydrogen-bond donors (Lipinski definition) is 1. The van der Waals surface area contributed by atoms with Gasteiger partial charge in [0.15, 0.2) is 17.0 Å². The molecule has 0 radical (unpaired) electrons. The highest BCUT2D eigenvalue weighted by molar-refractivity contribution is 6.42. The summed E-state index contributed by atoms with van der Waals surface area (Å²) in [5, 5.41) is 11.8. The molecule has 0 aliphatic carbocycles. The molecule has 9 nitrogen and oxygen atoms in total. The third-order valence-electron chi connectivity index (χ3n) is 4.41. The van der Waals surface area contributed by atoms with Gasteiger partial charge in [0, 0.05) is 38.9 Å². The fourth-order valence-electron chi connectivity index (χ4n) is 2.97. The number of anilines is 2. The summed E-state index contributed by atoms with van der Waals surface area (Å²) in [6.45, 7) is 2.38. The number of aromatic nitrogens is 5. The Bertz CT molecular complexity index is 999. The Hall–Kier alpha value is -2.65. The zero-order valence-electron chi connectivity index (χ0n) is 14.4. The Kier molecular flexibility index (Phi) is 4.71. The second-order valence-corrected chi connectivity index (χ2v) is 6.93. The molecule has 0 atom stereocenters. The molecule has 0 unspecified atom stereocenters. The molecule has 27 heavy (non-hydrogen) atoms. The van der Waals surface area contributed by atoms with Crippen LogP contribution in [-0.4, -0.2) is 62.1 Å². The van der Waals surface area contributed by atoms with Crippen LogP contribution in [0.5, 0.6) is 0 Å². The van der Waals surface area contributed by atoms with Crippen LogP contribution in [0.15, 0.2) is 24.5 Å². The van der Waals surface area contributed by atoms with E-state index in [1.807, 2.05) is 0 Å². The van der Waals surface area contributed by atoms with Gasteiger partial charge in [-0.2, -0.15) is 0 Å². The van der Waals surface area contributed by atoms with Gasteiger partial charge in [-0.25, -0.2) is 19.4 Å².